The number of rotatable bonds is 5. The van der Waals surface area contributed by atoms with Crippen molar-refractivity contribution in [2.75, 3.05) is 18.5 Å². The van der Waals surface area contributed by atoms with E-state index in [-0.39, 0.29) is 0 Å². The normalized spacial score (nSPS) is 9.67. The Bertz CT molecular complexity index is 339. The summed E-state index contributed by atoms with van der Waals surface area (Å²) in [6.07, 6.45) is 2.74. The molecule has 0 radical (unpaired) electrons. The number of nitriles is 1. The molecule has 15 heavy (non-hydrogen) atoms. The maximum atomic E-state index is 8.43. The molecule has 0 N–H and O–H groups in total. The van der Waals surface area contributed by atoms with Gasteiger partial charge in [0, 0.05) is 25.7 Å². The van der Waals surface area contributed by atoms with Gasteiger partial charge >= 0.3 is 0 Å². The zero-order valence-corrected chi connectivity index (χ0v) is 9.53. The van der Waals surface area contributed by atoms with Gasteiger partial charge in [-0.05, 0) is 31.4 Å². The van der Waals surface area contributed by atoms with E-state index in [1.807, 2.05) is 0 Å². The summed E-state index contributed by atoms with van der Waals surface area (Å²) in [5.74, 6) is 0. The number of aryl methyl sites for hydroxylation is 1. The van der Waals surface area contributed by atoms with Crippen molar-refractivity contribution in [2.45, 2.75) is 26.2 Å². The van der Waals surface area contributed by atoms with E-state index in [0.717, 1.165) is 19.4 Å². The van der Waals surface area contributed by atoms with Crippen LogP contribution in [0.2, 0.25) is 0 Å². The minimum atomic E-state index is 0.668. The summed E-state index contributed by atoms with van der Waals surface area (Å²) in [7, 11) is 2.11. The van der Waals surface area contributed by atoms with Crippen molar-refractivity contribution >= 4 is 5.69 Å². The highest BCUT2D eigenvalue weighted by molar-refractivity contribution is 5.52. The van der Waals surface area contributed by atoms with E-state index in [9.17, 15) is 0 Å². The van der Waals surface area contributed by atoms with E-state index in [4.69, 9.17) is 5.26 Å². The lowest BCUT2D eigenvalue weighted by Crippen LogP contribution is -2.19. The number of hydrogen-bond donors (Lipinski definition) is 0. The average molecular weight is 202 g/mol. The third-order valence-electron chi connectivity index (χ3n) is 2.56. The molecule has 0 fully saturated rings. The van der Waals surface area contributed by atoms with E-state index < -0.39 is 0 Å². The van der Waals surface area contributed by atoms with E-state index >= 15 is 0 Å². The Hall–Kier alpha value is -1.49. The molecule has 0 spiro atoms. The van der Waals surface area contributed by atoms with Crippen LogP contribution in [0.1, 0.15) is 24.8 Å². The predicted octanol–water partition coefficient (Wildman–Crippen LogP) is 3.13. The third-order valence-corrected chi connectivity index (χ3v) is 2.56. The van der Waals surface area contributed by atoms with Crippen LogP contribution >= 0.6 is 0 Å². The molecule has 1 rings (SSSR count). The van der Waals surface area contributed by atoms with Crippen LogP contribution in [0.4, 0.5) is 5.69 Å². The molecular formula is C13H18N2. The molecule has 2 nitrogen and oxygen atoms in total. The average Bonchev–Trinajstić information content (AvgIpc) is 2.25. The number of unbranched alkanes of at least 4 members (excludes halogenated alkanes) is 2. The van der Waals surface area contributed by atoms with Crippen molar-refractivity contribution in [1.29, 1.82) is 5.26 Å². The van der Waals surface area contributed by atoms with Crippen LogP contribution in [0.25, 0.3) is 0 Å². The summed E-state index contributed by atoms with van der Waals surface area (Å²) < 4.78 is 0. The van der Waals surface area contributed by atoms with Gasteiger partial charge in [0.25, 0.3) is 0 Å². The van der Waals surface area contributed by atoms with Crippen LogP contribution in [-0.4, -0.2) is 13.6 Å². The van der Waals surface area contributed by atoms with Gasteiger partial charge in [-0.1, -0.05) is 18.2 Å². The van der Waals surface area contributed by atoms with Crippen molar-refractivity contribution < 1.29 is 0 Å². The maximum absolute atomic E-state index is 8.43. The number of nitrogens with zero attached hydrogens (tertiary/aromatic N) is 2. The van der Waals surface area contributed by atoms with E-state index in [2.05, 4.69) is 49.2 Å². The standard InChI is InChI=1S/C13H18N2/c1-12-8-4-5-9-13(12)15(2)11-7-3-6-10-14/h4-5,8-9H,3,6-7,11H2,1-2H3. The Balaban J connectivity index is 2.44. The monoisotopic (exact) mass is 202 g/mol. The molecule has 1 aromatic carbocycles. The van der Waals surface area contributed by atoms with Gasteiger partial charge in [-0.15, -0.1) is 0 Å². The minimum absolute atomic E-state index is 0.668. The number of hydrogen-bond acceptors (Lipinski definition) is 2. The number of anilines is 1. The molecule has 0 unspecified atom stereocenters. The Kier molecular flexibility index (Phi) is 4.70. The van der Waals surface area contributed by atoms with Crippen LogP contribution in [0.3, 0.4) is 0 Å². The smallest absolute Gasteiger partial charge is 0.0621 e. The molecule has 0 bridgehead atoms. The molecule has 0 heterocycles. The lowest BCUT2D eigenvalue weighted by molar-refractivity contribution is 0.733. The molecular weight excluding hydrogens is 184 g/mol. The summed E-state index contributed by atoms with van der Waals surface area (Å²) in [5, 5.41) is 8.43. The largest absolute Gasteiger partial charge is 0.374 e. The quantitative estimate of drug-likeness (QED) is 0.686. The molecule has 0 amide bonds. The summed E-state index contributed by atoms with van der Waals surface area (Å²) >= 11 is 0. The summed E-state index contributed by atoms with van der Waals surface area (Å²) in [5.41, 5.74) is 2.59. The van der Waals surface area contributed by atoms with Gasteiger partial charge in [0.05, 0.1) is 6.07 Å². The molecule has 0 saturated heterocycles. The Morgan fingerprint density at radius 3 is 2.67 bits per heavy atom. The van der Waals surface area contributed by atoms with Crippen LogP contribution in [-0.2, 0) is 0 Å². The van der Waals surface area contributed by atoms with Gasteiger partial charge in [-0.25, -0.2) is 0 Å². The second kappa shape index (κ2) is 6.08. The molecule has 2 heteroatoms. The highest BCUT2D eigenvalue weighted by Crippen LogP contribution is 2.18. The molecule has 0 aliphatic rings. The molecule has 0 aromatic heterocycles. The van der Waals surface area contributed by atoms with Gasteiger partial charge in [-0.2, -0.15) is 5.26 Å². The molecule has 80 valence electrons. The van der Waals surface area contributed by atoms with Crippen molar-refractivity contribution in [2.24, 2.45) is 0 Å². The highest BCUT2D eigenvalue weighted by Gasteiger charge is 2.02. The van der Waals surface area contributed by atoms with Crippen LogP contribution in [0.15, 0.2) is 24.3 Å². The fourth-order valence-electron chi connectivity index (χ4n) is 1.67. The van der Waals surface area contributed by atoms with Crippen LogP contribution < -0.4 is 4.90 Å². The second-order valence-electron chi connectivity index (χ2n) is 3.82. The zero-order valence-electron chi connectivity index (χ0n) is 9.53. The molecule has 0 aliphatic carbocycles. The van der Waals surface area contributed by atoms with Gasteiger partial charge in [0.15, 0.2) is 0 Å². The zero-order chi connectivity index (χ0) is 11.1. The summed E-state index contributed by atoms with van der Waals surface area (Å²) in [6.45, 7) is 3.15. The fraction of sp³-hybridized carbons (Fsp3) is 0.462. The van der Waals surface area contributed by atoms with Crippen molar-refractivity contribution in [3.63, 3.8) is 0 Å². The van der Waals surface area contributed by atoms with Crippen molar-refractivity contribution in [3.8, 4) is 6.07 Å². The first kappa shape index (κ1) is 11.6. The Morgan fingerprint density at radius 2 is 2.00 bits per heavy atom. The topological polar surface area (TPSA) is 27.0 Å². The molecule has 0 aliphatic heterocycles. The molecule has 0 atom stereocenters. The number of benzene rings is 1. The first-order valence-electron chi connectivity index (χ1n) is 5.39. The number of para-hydroxylation sites is 1. The SMILES string of the molecule is Cc1ccccc1N(C)CCCCC#N. The minimum Gasteiger partial charge on any atom is -0.374 e. The van der Waals surface area contributed by atoms with Crippen molar-refractivity contribution in [1.82, 2.24) is 0 Å². The fourth-order valence-corrected chi connectivity index (χ4v) is 1.67. The first-order chi connectivity index (χ1) is 7.25. The summed E-state index contributed by atoms with van der Waals surface area (Å²) in [6, 6.07) is 10.6. The molecule has 1 aromatic rings. The van der Waals surface area contributed by atoms with Gasteiger partial charge in [0.1, 0.15) is 0 Å². The lowest BCUT2D eigenvalue weighted by atomic mass is 10.1. The first-order valence-corrected chi connectivity index (χ1v) is 5.39. The van der Waals surface area contributed by atoms with E-state index in [1.54, 1.807) is 0 Å². The van der Waals surface area contributed by atoms with Gasteiger partial charge < -0.3 is 4.90 Å². The Morgan fingerprint density at radius 1 is 1.27 bits per heavy atom. The van der Waals surface area contributed by atoms with Crippen LogP contribution in [0, 0.1) is 18.3 Å². The maximum Gasteiger partial charge on any atom is 0.0621 e. The third kappa shape index (κ3) is 3.63. The predicted molar refractivity (Wildman–Crippen MR) is 63.9 cm³/mol. The second-order valence-corrected chi connectivity index (χ2v) is 3.82. The van der Waals surface area contributed by atoms with E-state index in [1.165, 1.54) is 11.3 Å². The highest BCUT2D eigenvalue weighted by atomic mass is 15.1. The van der Waals surface area contributed by atoms with Gasteiger partial charge in [0.2, 0.25) is 0 Å². The summed E-state index contributed by atoms with van der Waals surface area (Å²) in [4.78, 5) is 2.26. The van der Waals surface area contributed by atoms with Gasteiger partial charge in [-0.3, -0.25) is 0 Å². The lowest BCUT2D eigenvalue weighted by Gasteiger charge is -2.20. The molecule has 0 saturated carbocycles. The van der Waals surface area contributed by atoms with E-state index in [0.29, 0.717) is 6.42 Å². The Labute approximate surface area is 92.1 Å². The van der Waals surface area contributed by atoms with Crippen molar-refractivity contribution in [3.05, 3.63) is 29.8 Å². The van der Waals surface area contributed by atoms with Crippen LogP contribution in [0.5, 0.6) is 0 Å².